The summed E-state index contributed by atoms with van der Waals surface area (Å²) in [6.45, 7) is 5.92. The molecule has 2 atom stereocenters. The maximum atomic E-state index is 9.17. The number of hydrogen-bond donors (Lipinski definition) is 1. The molecule has 0 bridgehead atoms. The molecular formula is C14H20N4. The van der Waals surface area contributed by atoms with Crippen molar-refractivity contribution in [3.8, 4) is 6.07 Å². The fourth-order valence-electron chi connectivity index (χ4n) is 2.55. The largest absolute Gasteiger partial charge is 0.355 e. The Balaban J connectivity index is 2.27. The molecule has 0 aromatic carbocycles. The Bertz CT molecular complexity index is 463. The number of hydrogen-bond acceptors (Lipinski definition) is 4. The molecule has 1 saturated heterocycles. The average molecular weight is 244 g/mol. The summed E-state index contributed by atoms with van der Waals surface area (Å²) in [5.74, 6) is 1.32. The highest BCUT2D eigenvalue weighted by atomic mass is 15.2. The van der Waals surface area contributed by atoms with Gasteiger partial charge < -0.3 is 10.6 Å². The van der Waals surface area contributed by atoms with E-state index in [4.69, 9.17) is 5.73 Å². The summed E-state index contributed by atoms with van der Waals surface area (Å²) in [5, 5.41) is 9.17. The summed E-state index contributed by atoms with van der Waals surface area (Å²) in [4.78, 5) is 6.74. The zero-order valence-electron chi connectivity index (χ0n) is 11.1. The molecule has 2 N–H and O–H groups in total. The Morgan fingerprint density at radius 1 is 1.56 bits per heavy atom. The first-order valence-electron chi connectivity index (χ1n) is 6.54. The summed E-state index contributed by atoms with van der Waals surface area (Å²) in [6.07, 6.45) is 2.05. The highest BCUT2D eigenvalue weighted by molar-refractivity contribution is 5.54. The van der Waals surface area contributed by atoms with Crippen LogP contribution in [0.1, 0.15) is 31.0 Å². The van der Waals surface area contributed by atoms with Gasteiger partial charge >= 0.3 is 0 Å². The predicted molar refractivity (Wildman–Crippen MR) is 72.3 cm³/mol. The molecule has 4 heteroatoms. The smallest absolute Gasteiger partial charge is 0.146 e. The number of aryl methyl sites for hydroxylation is 1. The third kappa shape index (κ3) is 2.46. The molecule has 18 heavy (non-hydrogen) atoms. The van der Waals surface area contributed by atoms with Crippen LogP contribution in [0.25, 0.3) is 0 Å². The maximum absolute atomic E-state index is 9.17. The molecule has 2 heterocycles. The third-order valence-electron chi connectivity index (χ3n) is 3.75. The number of nitrogens with zero attached hydrogens (tertiary/aromatic N) is 3. The van der Waals surface area contributed by atoms with Gasteiger partial charge in [-0.1, -0.05) is 13.3 Å². The minimum atomic E-state index is 0.279. The molecule has 0 saturated carbocycles. The van der Waals surface area contributed by atoms with E-state index in [0.717, 1.165) is 37.4 Å². The molecule has 1 aromatic rings. The molecule has 0 aliphatic carbocycles. The van der Waals surface area contributed by atoms with Gasteiger partial charge in [0.05, 0.1) is 5.56 Å². The quantitative estimate of drug-likeness (QED) is 0.862. The van der Waals surface area contributed by atoms with E-state index in [1.54, 1.807) is 0 Å². The van der Waals surface area contributed by atoms with Crippen LogP contribution in [-0.4, -0.2) is 24.1 Å². The van der Waals surface area contributed by atoms with Crippen molar-refractivity contribution >= 4 is 5.82 Å². The van der Waals surface area contributed by atoms with E-state index < -0.39 is 0 Å². The molecule has 0 spiro atoms. The van der Waals surface area contributed by atoms with Crippen molar-refractivity contribution in [3.63, 3.8) is 0 Å². The first kappa shape index (κ1) is 12.8. The Hall–Kier alpha value is -1.60. The lowest BCUT2D eigenvalue weighted by molar-refractivity contribution is 0.346. The van der Waals surface area contributed by atoms with Crippen LogP contribution >= 0.6 is 0 Å². The van der Waals surface area contributed by atoms with Gasteiger partial charge in [-0.05, 0) is 31.4 Å². The monoisotopic (exact) mass is 244 g/mol. The lowest BCUT2D eigenvalue weighted by Crippen LogP contribution is -2.47. The minimum Gasteiger partial charge on any atom is -0.355 e. The molecule has 4 nitrogen and oxygen atoms in total. The lowest BCUT2D eigenvalue weighted by atomic mass is 9.90. The summed E-state index contributed by atoms with van der Waals surface area (Å²) in [5.41, 5.74) is 7.73. The van der Waals surface area contributed by atoms with Crippen molar-refractivity contribution in [2.75, 3.05) is 18.0 Å². The number of anilines is 1. The zero-order chi connectivity index (χ0) is 13.1. The molecule has 1 fully saturated rings. The maximum Gasteiger partial charge on any atom is 0.146 e. The van der Waals surface area contributed by atoms with Crippen LogP contribution in [0, 0.1) is 24.2 Å². The first-order chi connectivity index (χ1) is 8.65. The van der Waals surface area contributed by atoms with Gasteiger partial charge in [0.25, 0.3) is 0 Å². The second-order valence-electron chi connectivity index (χ2n) is 5.00. The van der Waals surface area contributed by atoms with Gasteiger partial charge in [0.15, 0.2) is 0 Å². The number of aromatic nitrogens is 1. The number of rotatable bonds is 2. The normalized spacial score (nSPS) is 23.8. The summed E-state index contributed by atoms with van der Waals surface area (Å²) < 4.78 is 0. The average Bonchev–Trinajstić information content (AvgIpc) is 2.39. The van der Waals surface area contributed by atoms with Gasteiger partial charge in [0.1, 0.15) is 11.9 Å². The van der Waals surface area contributed by atoms with E-state index in [1.807, 2.05) is 19.1 Å². The molecule has 96 valence electrons. The SMILES string of the molecule is CCC1CN(c2nc(C)ccc2C#N)CCC1N. The highest BCUT2D eigenvalue weighted by Crippen LogP contribution is 2.25. The second-order valence-corrected chi connectivity index (χ2v) is 5.00. The number of nitriles is 1. The van der Waals surface area contributed by atoms with E-state index in [1.165, 1.54) is 0 Å². The van der Waals surface area contributed by atoms with Crippen molar-refractivity contribution in [2.45, 2.75) is 32.7 Å². The Morgan fingerprint density at radius 2 is 2.33 bits per heavy atom. The van der Waals surface area contributed by atoms with Gasteiger partial charge in [0.2, 0.25) is 0 Å². The van der Waals surface area contributed by atoms with Gasteiger partial charge in [0, 0.05) is 24.8 Å². The summed E-state index contributed by atoms with van der Waals surface area (Å²) in [7, 11) is 0. The number of piperidine rings is 1. The van der Waals surface area contributed by atoms with E-state index in [2.05, 4.69) is 22.9 Å². The van der Waals surface area contributed by atoms with Crippen molar-refractivity contribution in [1.82, 2.24) is 4.98 Å². The van der Waals surface area contributed by atoms with Crippen molar-refractivity contribution in [2.24, 2.45) is 11.7 Å². The van der Waals surface area contributed by atoms with E-state index in [0.29, 0.717) is 11.5 Å². The fraction of sp³-hybridized carbons (Fsp3) is 0.571. The molecule has 2 unspecified atom stereocenters. The Labute approximate surface area is 108 Å². The summed E-state index contributed by atoms with van der Waals surface area (Å²) >= 11 is 0. The predicted octanol–water partition coefficient (Wildman–Crippen LogP) is 1.83. The molecular weight excluding hydrogens is 224 g/mol. The van der Waals surface area contributed by atoms with Crippen LogP contribution in [0.5, 0.6) is 0 Å². The molecule has 0 amide bonds. The lowest BCUT2D eigenvalue weighted by Gasteiger charge is -2.37. The molecule has 1 aliphatic heterocycles. The van der Waals surface area contributed by atoms with Crippen LogP contribution in [0.2, 0.25) is 0 Å². The molecule has 0 radical (unpaired) electrons. The highest BCUT2D eigenvalue weighted by Gasteiger charge is 2.27. The fourth-order valence-corrected chi connectivity index (χ4v) is 2.55. The van der Waals surface area contributed by atoms with Gasteiger partial charge in [-0.3, -0.25) is 0 Å². The van der Waals surface area contributed by atoms with Crippen LogP contribution in [0.15, 0.2) is 12.1 Å². The Morgan fingerprint density at radius 3 is 3.00 bits per heavy atom. The van der Waals surface area contributed by atoms with Gasteiger partial charge in [-0.2, -0.15) is 5.26 Å². The van der Waals surface area contributed by atoms with Gasteiger partial charge in [-0.25, -0.2) is 4.98 Å². The summed E-state index contributed by atoms with van der Waals surface area (Å²) in [6, 6.07) is 6.25. The first-order valence-corrected chi connectivity index (χ1v) is 6.54. The molecule has 1 aromatic heterocycles. The van der Waals surface area contributed by atoms with Crippen LogP contribution < -0.4 is 10.6 Å². The molecule has 2 rings (SSSR count). The molecule has 1 aliphatic rings. The van der Waals surface area contributed by atoms with E-state index >= 15 is 0 Å². The third-order valence-corrected chi connectivity index (χ3v) is 3.75. The standard InChI is InChI=1S/C14H20N4/c1-3-11-9-18(7-6-13(11)16)14-12(8-15)5-4-10(2)17-14/h4-5,11,13H,3,6-7,9,16H2,1-2H3. The van der Waals surface area contributed by atoms with Crippen LogP contribution in [-0.2, 0) is 0 Å². The Kier molecular flexibility index (Phi) is 3.83. The minimum absolute atomic E-state index is 0.279. The zero-order valence-corrected chi connectivity index (χ0v) is 11.1. The van der Waals surface area contributed by atoms with Crippen molar-refractivity contribution < 1.29 is 0 Å². The number of pyridine rings is 1. The van der Waals surface area contributed by atoms with Crippen molar-refractivity contribution in [3.05, 3.63) is 23.4 Å². The van der Waals surface area contributed by atoms with Crippen molar-refractivity contribution in [1.29, 1.82) is 5.26 Å². The van der Waals surface area contributed by atoms with E-state index in [-0.39, 0.29) is 6.04 Å². The van der Waals surface area contributed by atoms with Crippen LogP contribution in [0.3, 0.4) is 0 Å². The number of nitrogens with two attached hydrogens (primary N) is 1. The second kappa shape index (κ2) is 5.36. The van der Waals surface area contributed by atoms with E-state index in [9.17, 15) is 5.26 Å². The topological polar surface area (TPSA) is 65.9 Å². The van der Waals surface area contributed by atoms with Gasteiger partial charge in [-0.15, -0.1) is 0 Å². The van der Waals surface area contributed by atoms with Crippen LogP contribution in [0.4, 0.5) is 5.82 Å².